The molecule has 2 aromatic rings. The lowest BCUT2D eigenvalue weighted by molar-refractivity contribution is 0.796. The van der Waals surface area contributed by atoms with Crippen LogP contribution in [-0.2, 0) is 0 Å². The molecule has 1 atom stereocenters. The summed E-state index contributed by atoms with van der Waals surface area (Å²) in [5, 5.41) is 0.421. The van der Waals surface area contributed by atoms with Gasteiger partial charge in [0, 0.05) is 18.4 Å². The van der Waals surface area contributed by atoms with Crippen LogP contribution in [0.1, 0.15) is 18.7 Å². The van der Waals surface area contributed by atoms with Crippen molar-refractivity contribution in [2.75, 3.05) is 0 Å². The fraction of sp³-hybridized carbons (Fsp3) is 0.250. The number of fused-ring (bicyclic) bond motifs is 1. The summed E-state index contributed by atoms with van der Waals surface area (Å²) >= 11 is 5.89. The van der Waals surface area contributed by atoms with Crippen LogP contribution in [0, 0.1) is 0 Å². The molecule has 0 aliphatic rings. The third kappa shape index (κ3) is 1.28. The van der Waals surface area contributed by atoms with Crippen molar-refractivity contribution in [3.63, 3.8) is 0 Å². The molecular formula is C8H9ClN4. The molecule has 0 saturated heterocycles. The molecule has 2 aromatic heterocycles. The molecule has 0 aliphatic heterocycles. The van der Waals surface area contributed by atoms with Crippen molar-refractivity contribution in [3.05, 3.63) is 29.6 Å². The second-order valence-corrected chi connectivity index (χ2v) is 3.22. The summed E-state index contributed by atoms with van der Waals surface area (Å²) in [5.41, 5.74) is 7.37. The summed E-state index contributed by atoms with van der Waals surface area (Å²) in [7, 11) is 0. The van der Waals surface area contributed by atoms with E-state index >= 15 is 0 Å². The molecule has 0 saturated carbocycles. The van der Waals surface area contributed by atoms with Gasteiger partial charge in [0.15, 0.2) is 0 Å². The van der Waals surface area contributed by atoms with E-state index in [1.165, 1.54) is 0 Å². The van der Waals surface area contributed by atoms with Crippen LogP contribution in [0.2, 0.25) is 5.28 Å². The largest absolute Gasteiger partial charge is 0.323 e. The Hall–Kier alpha value is -1.13. The fourth-order valence-corrected chi connectivity index (χ4v) is 1.50. The quantitative estimate of drug-likeness (QED) is 0.750. The second-order valence-electron chi connectivity index (χ2n) is 2.89. The molecule has 1 unspecified atom stereocenters. The van der Waals surface area contributed by atoms with Crippen molar-refractivity contribution in [3.8, 4) is 0 Å². The molecule has 2 rings (SSSR count). The monoisotopic (exact) mass is 196 g/mol. The molecule has 0 spiro atoms. The first-order chi connectivity index (χ1) is 6.20. The molecule has 0 aromatic carbocycles. The number of hydrogen-bond donors (Lipinski definition) is 1. The van der Waals surface area contributed by atoms with Crippen LogP contribution < -0.4 is 5.73 Å². The van der Waals surface area contributed by atoms with E-state index in [4.69, 9.17) is 17.3 Å². The summed E-state index contributed by atoms with van der Waals surface area (Å²) in [4.78, 5) is 8.15. The molecule has 2 heterocycles. The Kier molecular flexibility index (Phi) is 1.94. The second kappa shape index (κ2) is 2.97. The molecule has 68 valence electrons. The van der Waals surface area contributed by atoms with Gasteiger partial charge in [0.2, 0.25) is 5.28 Å². The highest BCUT2D eigenvalue weighted by atomic mass is 35.5. The molecule has 0 bridgehead atoms. The highest BCUT2D eigenvalue weighted by Crippen LogP contribution is 2.19. The maximum Gasteiger partial charge on any atom is 0.207 e. The van der Waals surface area contributed by atoms with Gasteiger partial charge < -0.3 is 5.73 Å². The van der Waals surface area contributed by atoms with Crippen LogP contribution in [0.4, 0.5) is 0 Å². The summed E-state index contributed by atoms with van der Waals surface area (Å²) in [6, 6.07) is -0.133. The minimum Gasteiger partial charge on any atom is -0.323 e. The standard InChI is InChI=1S/C8H9ClN4/c1-5(10)7-6-4-11-2-3-13(6)8(9)12-7/h2-5H,10H2,1H3. The van der Waals surface area contributed by atoms with Gasteiger partial charge in [-0.25, -0.2) is 4.98 Å². The molecule has 0 radical (unpaired) electrons. The van der Waals surface area contributed by atoms with E-state index in [9.17, 15) is 0 Å². The van der Waals surface area contributed by atoms with E-state index in [0.717, 1.165) is 11.2 Å². The molecule has 0 aliphatic carbocycles. The number of aromatic nitrogens is 3. The Bertz CT molecular complexity index is 435. The van der Waals surface area contributed by atoms with E-state index < -0.39 is 0 Å². The average Bonchev–Trinajstić information content (AvgIpc) is 2.45. The zero-order valence-corrected chi connectivity index (χ0v) is 7.86. The third-order valence-electron chi connectivity index (χ3n) is 1.86. The summed E-state index contributed by atoms with van der Waals surface area (Å²) in [5.74, 6) is 0. The van der Waals surface area contributed by atoms with Crippen LogP contribution in [-0.4, -0.2) is 14.4 Å². The summed E-state index contributed by atoms with van der Waals surface area (Å²) in [6.45, 7) is 1.87. The number of hydrogen-bond acceptors (Lipinski definition) is 3. The third-order valence-corrected chi connectivity index (χ3v) is 2.13. The molecule has 0 amide bonds. The molecule has 13 heavy (non-hydrogen) atoms. The van der Waals surface area contributed by atoms with Gasteiger partial charge in [-0.05, 0) is 18.5 Å². The number of nitrogens with zero attached hydrogens (tertiary/aromatic N) is 3. The highest BCUT2D eigenvalue weighted by Gasteiger charge is 2.11. The first kappa shape index (κ1) is 8.47. The first-order valence-electron chi connectivity index (χ1n) is 3.93. The van der Waals surface area contributed by atoms with Gasteiger partial charge in [-0.15, -0.1) is 0 Å². The van der Waals surface area contributed by atoms with Crippen LogP contribution in [0.5, 0.6) is 0 Å². The van der Waals surface area contributed by atoms with Crippen molar-refractivity contribution in [2.24, 2.45) is 5.73 Å². The van der Waals surface area contributed by atoms with E-state index in [2.05, 4.69) is 9.97 Å². The van der Waals surface area contributed by atoms with Crippen LogP contribution in [0.3, 0.4) is 0 Å². The normalized spacial score (nSPS) is 13.5. The van der Waals surface area contributed by atoms with Crippen molar-refractivity contribution in [1.29, 1.82) is 0 Å². The Morgan fingerprint density at radius 1 is 1.62 bits per heavy atom. The van der Waals surface area contributed by atoms with Crippen molar-refractivity contribution in [2.45, 2.75) is 13.0 Å². The lowest BCUT2D eigenvalue weighted by atomic mass is 10.2. The zero-order valence-electron chi connectivity index (χ0n) is 7.11. The minimum absolute atomic E-state index is 0.133. The summed E-state index contributed by atoms with van der Waals surface area (Å²) < 4.78 is 1.76. The van der Waals surface area contributed by atoms with Crippen LogP contribution in [0.15, 0.2) is 18.6 Å². The Morgan fingerprint density at radius 3 is 3.08 bits per heavy atom. The molecule has 2 N–H and O–H groups in total. The van der Waals surface area contributed by atoms with Crippen molar-refractivity contribution < 1.29 is 0 Å². The SMILES string of the molecule is CC(N)c1nc(Cl)n2ccncc12. The molecule has 5 heteroatoms. The Morgan fingerprint density at radius 2 is 2.38 bits per heavy atom. The number of halogens is 1. The molecule has 0 fully saturated rings. The Labute approximate surface area is 80.4 Å². The van der Waals surface area contributed by atoms with E-state index in [0.29, 0.717) is 5.28 Å². The average molecular weight is 197 g/mol. The predicted octanol–water partition coefficient (Wildman–Crippen LogP) is 1.40. The van der Waals surface area contributed by atoms with Gasteiger partial charge in [0.1, 0.15) is 0 Å². The summed E-state index contributed by atoms with van der Waals surface area (Å²) in [6.07, 6.45) is 5.12. The van der Waals surface area contributed by atoms with Gasteiger partial charge in [0.25, 0.3) is 0 Å². The topological polar surface area (TPSA) is 56.2 Å². The van der Waals surface area contributed by atoms with Gasteiger partial charge in [-0.1, -0.05) is 0 Å². The van der Waals surface area contributed by atoms with Crippen LogP contribution >= 0.6 is 11.6 Å². The first-order valence-corrected chi connectivity index (χ1v) is 4.31. The van der Waals surface area contributed by atoms with Gasteiger partial charge in [-0.3, -0.25) is 9.38 Å². The Balaban J connectivity index is 2.78. The van der Waals surface area contributed by atoms with Crippen LogP contribution in [0.25, 0.3) is 5.52 Å². The number of nitrogens with two attached hydrogens (primary N) is 1. The van der Waals surface area contributed by atoms with Gasteiger partial charge in [-0.2, -0.15) is 0 Å². The van der Waals surface area contributed by atoms with Crippen molar-refractivity contribution in [1.82, 2.24) is 14.4 Å². The zero-order chi connectivity index (χ0) is 9.42. The van der Waals surface area contributed by atoms with E-state index in [-0.39, 0.29) is 6.04 Å². The maximum absolute atomic E-state index is 5.89. The van der Waals surface area contributed by atoms with Gasteiger partial charge >= 0.3 is 0 Å². The predicted molar refractivity (Wildman–Crippen MR) is 50.6 cm³/mol. The molecular weight excluding hydrogens is 188 g/mol. The lowest BCUT2D eigenvalue weighted by Gasteiger charge is -1.99. The highest BCUT2D eigenvalue weighted by molar-refractivity contribution is 6.28. The number of rotatable bonds is 1. The van der Waals surface area contributed by atoms with E-state index in [1.54, 1.807) is 23.0 Å². The maximum atomic E-state index is 5.89. The van der Waals surface area contributed by atoms with Crippen molar-refractivity contribution >= 4 is 17.1 Å². The smallest absolute Gasteiger partial charge is 0.207 e. The number of imidazole rings is 1. The van der Waals surface area contributed by atoms with E-state index in [1.807, 2.05) is 6.92 Å². The fourth-order valence-electron chi connectivity index (χ4n) is 1.26. The minimum atomic E-state index is -0.133. The molecule has 4 nitrogen and oxygen atoms in total. The van der Waals surface area contributed by atoms with Gasteiger partial charge in [0.05, 0.1) is 17.4 Å². The lowest BCUT2D eigenvalue weighted by Crippen LogP contribution is -2.05.